The van der Waals surface area contributed by atoms with Crippen molar-refractivity contribution >= 4 is 40.4 Å². The van der Waals surface area contributed by atoms with Crippen molar-refractivity contribution in [3.8, 4) is 0 Å². The Morgan fingerprint density at radius 2 is 2.19 bits per heavy atom. The van der Waals surface area contributed by atoms with Crippen LogP contribution in [0.5, 0.6) is 0 Å². The third-order valence-corrected chi connectivity index (χ3v) is 4.01. The molecule has 21 heavy (non-hydrogen) atoms. The first-order chi connectivity index (χ1) is 10.2. The average molecular weight is 323 g/mol. The molecule has 1 aromatic heterocycles. The maximum atomic E-state index is 6.13. The zero-order valence-corrected chi connectivity index (χ0v) is 13.2. The first kappa shape index (κ1) is 14.4. The predicted molar refractivity (Wildman–Crippen MR) is 88.0 cm³/mol. The highest BCUT2D eigenvalue weighted by atomic mass is 35.5. The zero-order chi connectivity index (χ0) is 14.8. The molecule has 0 saturated heterocycles. The van der Waals surface area contributed by atoms with Crippen LogP contribution < -0.4 is 10.2 Å². The molecule has 0 aliphatic carbocycles. The van der Waals surface area contributed by atoms with Gasteiger partial charge in [0.15, 0.2) is 5.82 Å². The summed E-state index contributed by atoms with van der Waals surface area (Å²) in [4.78, 5) is 10.4. The molecule has 0 amide bonds. The van der Waals surface area contributed by atoms with E-state index in [2.05, 4.69) is 33.2 Å². The second-order valence-corrected chi connectivity index (χ2v) is 5.76. The highest BCUT2D eigenvalue weighted by Gasteiger charge is 2.22. The van der Waals surface area contributed by atoms with E-state index < -0.39 is 0 Å². The molecule has 0 fully saturated rings. The molecule has 2 aromatic rings. The maximum absolute atomic E-state index is 6.13. The minimum atomic E-state index is 0.180. The normalized spacial score (nSPS) is 13.4. The van der Waals surface area contributed by atoms with Crippen molar-refractivity contribution < 1.29 is 0 Å². The molecule has 0 atom stereocenters. The molecule has 4 nitrogen and oxygen atoms in total. The molecule has 6 heteroatoms. The van der Waals surface area contributed by atoms with Crippen LogP contribution in [0.3, 0.4) is 0 Å². The average Bonchev–Trinajstić information content (AvgIpc) is 2.88. The maximum Gasteiger partial charge on any atom is 0.224 e. The van der Waals surface area contributed by atoms with E-state index in [4.69, 9.17) is 23.2 Å². The molecular weight excluding hydrogens is 307 g/mol. The summed E-state index contributed by atoms with van der Waals surface area (Å²) in [6.07, 6.45) is 3.70. The summed E-state index contributed by atoms with van der Waals surface area (Å²) in [6, 6.07) is 6.26. The molecule has 1 N–H and O–H groups in total. The number of para-hydroxylation sites is 1. The van der Waals surface area contributed by atoms with E-state index in [1.54, 1.807) is 0 Å². The Balaban J connectivity index is 1.97. The summed E-state index contributed by atoms with van der Waals surface area (Å²) in [5.41, 5.74) is 3.60. The van der Waals surface area contributed by atoms with E-state index in [1.165, 1.54) is 17.4 Å². The molecule has 1 aliphatic rings. The molecule has 110 valence electrons. The number of benzene rings is 1. The Bertz CT molecular complexity index is 658. The zero-order valence-electron chi connectivity index (χ0n) is 11.7. The molecule has 0 bridgehead atoms. The second-order valence-electron chi connectivity index (χ2n) is 5.01. The van der Waals surface area contributed by atoms with E-state index in [-0.39, 0.29) is 5.28 Å². The van der Waals surface area contributed by atoms with Gasteiger partial charge in [0.05, 0.1) is 17.6 Å². The molecule has 2 heterocycles. The number of hydrogen-bond donors (Lipinski definition) is 1. The van der Waals surface area contributed by atoms with Gasteiger partial charge in [0, 0.05) is 13.1 Å². The number of halogens is 2. The van der Waals surface area contributed by atoms with Crippen LogP contribution in [0.4, 0.5) is 17.2 Å². The van der Waals surface area contributed by atoms with Gasteiger partial charge in [0.1, 0.15) is 5.02 Å². The van der Waals surface area contributed by atoms with Crippen LogP contribution in [-0.2, 0) is 6.42 Å². The Labute approximate surface area is 134 Å². The van der Waals surface area contributed by atoms with Gasteiger partial charge in [-0.15, -0.1) is 0 Å². The summed E-state index contributed by atoms with van der Waals surface area (Å²) in [5, 5.41) is 3.93. The van der Waals surface area contributed by atoms with Crippen molar-refractivity contribution in [2.45, 2.75) is 19.8 Å². The lowest BCUT2D eigenvalue weighted by Crippen LogP contribution is -2.21. The Morgan fingerprint density at radius 1 is 1.33 bits per heavy atom. The first-order valence-electron chi connectivity index (χ1n) is 7.01. The second kappa shape index (κ2) is 6.08. The van der Waals surface area contributed by atoms with Crippen LogP contribution in [0, 0.1) is 0 Å². The van der Waals surface area contributed by atoms with Crippen molar-refractivity contribution in [1.82, 2.24) is 9.97 Å². The van der Waals surface area contributed by atoms with E-state index in [0.29, 0.717) is 10.8 Å². The fourth-order valence-electron chi connectivity index (χ4n) is 2.69. The van der Waals surface area contributed by atoms with Gasteiger partial charge in [0.2, 0.25) is 5.28 Å². The van der Waals surface area contributed by atoms with Gasteiger partial charge in [-0.3, -0.25) is 0 Å². The van der Waals surface area contributed by atoms with Crippen LogP contribution in [0.2, 0.25) is 10.3 Å². The third kappa shape index (κ3) is 2.92. The van der Waals surface area contributed by atoms with Crippen LogP contribution in [0.1, 0.15) is 18.9 Å². The number of nitrogens with one attached hydrogen (secondary N) is 1. The monoisotopic (exact) mass is 322 g/mol. The molecule has 0 saturated carbocycles. The van der Waals surface area contributed by atoms with Crippen LogP contribution >= 0.6 is 23.2 Å². The minimum Gasteiger partial charge on any atom is -0.369 e. The number of aromatic nitrogens is 2. The molecule has 1 aliphatic heterocycles. The van der Waals surface area contributed by atoms with E-state index in [0.717, 1.165) is 31.6 Å². The van der Waals surface area contributed by atoms with Gasteiger partial charge in [-0.2, -0.15) is 4.98 Å². The number of fused-ring (bicyclic) bond motifs is 1. The lowest BCUT2D eigenvalue weighted by Gasteiger charge is -2.22. The Kier molecular flexibility index (Phi) is 4.17. The standard InChI is InChI=1S/C15H16Cl2N4/c1-2-7-21-8-6-10-4-3-5-12(13(10)21)19-14-11(16)9-18-15(17)20-14/h3-5,9H,2,6-8H2,1H3,(H,18,19,20). The fourth-order valence-corrected chi connectivity index (χ4v) is 2.96. The predicted octanol–water partition coefficient (Wildman–Crippen LogP) is 4.30. The molecule has 0 radical (unpaired) electrons. The van der Waals surface area contributed by atoms with Gasteiger partial charge in [-0.05, 0) is 36.1 Å². The molecule has 1 aromatic carbocycles. The quantitative estimate of drug-likeness (QED) is 0.852. The molecular formula is C15H16Cl2N4. The van der Waals surface area contributed by atoms with Crippen LogP contribution in [-0.4, -0.2) is 23.1 Å². The van der Waals surface area contributed by atoms with Gasteiger partial charge in [0.25, 0.3) is 0 Å². The summed E-state index contributed by atoms with van der Waals surface area (Å²) in [7, 11) is 0. The lowest BCUT2D eigenvalue weighted by molar-refractivity contribution is 0.797. The van der Waals surface area contributed by atoms with Crippen molar-refractivity contribution in [3.05, 3.63) is 40.3 Å². The third-order valence-electron chi connectivity index (χ3n) is 3.55. The van der Waals surface area contributed by atoms with Crippen LogP contribution in [0.25, 0.3) is 0 Å². The Morgan fingerprint density at radius 3 is 3.00 bits per heavy atom. The van der Waals surface area contributed by atoms with Crippen molar-refractivity contribution in [3.63, 3.8) is 0 Å². The highest BCUT2D eigenvalue weighted by Crippen LogP contribution is 2.37. The fraction of sp³-hybridized carbons (Fsp3) is 0.333. The largest absolute Gasteiger partial charge is 0.369 e. The van der Waals surface area contributed by atoms with Crippen molar-refractivity contribution in [1.29, 1.82) is 0 Å². The minimum absolute atomic E-state index is 0.180. The van der Waals surface area contributed by atoms with E-state index in [1.807, 2.05) is 12.1 Å². The summed E-state index contributed by atoms with van der Waals surface area (Å²) in [5.74, 6) is 0.536. The molecule has 0 spiro atoms. The summed E-state index contributed by atoms with van der Waals surface area (Å²) < 4.78 is 0. The number of nitrogens with zero attached hydrogens (tertiary/aromatic N) is 3. The first-order valence-corrected chi connectivity index (χ1v) is 7.76. The summed E-state index contributed by atoms with van der Waals surface area (Å²) in [6.45, 7) is 4.29. The summed E-state index contributed by atoms with van der Waals surface area (Å²) >= 11 is 12.0. The number of hydrogen-bond acceptors (Lipinski definition) is 4. The topological polar surface area (TPSA) is 41.0 Å². The van der Waals surface area contributed by atoms with Gasteiger partial charge >= 0.3 is 0 Å². The molecule has 3 rings (SSSR count). The van der Waals surface area contributed by atoms with E-state index >= 15 is 0 Å². The molecule has 0 unspecified atom stereocenters. The highest BCUT2D eigenvalue weighted by molar-refractivity contribution is 6.33. The van der Waals surface area contributed by atoms with E-state index in [9.17, 15) is 0 Å². The SMILES string of the molecule is CCCN1CCc2cccc(Nc3nc(Cl)ncc3Cl)c21. The van der Waals surface area contributed by atoms with Crippen molar-refractivity contribution in [2.24, 2.45) is 0 Å². The lowest BCUT2D eigenvalue weighted by atomic mass is 10.1. The number of rotatable bonds is 4. The van der Waals surface area contributed by atoms with Gasteiger partial charge in [-0.1, -0.05) is 30.7 Å². The number of anilines is 3. The van der Waals surface area contributed by atoms with Crippen molar-refractivity contribution in [2.75, 3.05) is 23.3 Å². The smallest absolute Gasteiger partial charge is 0.224 e. The van der Waals surface area contributed by atoms with Crippen LogP contribution in [0.15, 0.2) is 24.4 Å². The van der Waals surface area contributed by atoms with Gasteiger partial charge in [-0.25, -0.2) is 4.98 Å². The van der Waals surface area contributed by atoms with Gasteiger partial charge < -0.3 is 10.2 Å². The Hall–Kier alpha value is -1.52.